The third kappa shape index (κ3) is 5.77. The van der Waals surface area contributed by atoms with E-state index in [4.69, 9.17) is 5.11 Å². The zero-order chi connectivity index (χ0) is 14.5. The van der Waals surface area contributed by atoms with Crippen LogP contribution in [-0.4, -0.2) is 56.4 Å². The van der Waals surface area contributed by atoms with E-state index in [9.17, 15) is 8.42 Å². The molecule has 2 unspecified atom stereocenters. The summed E-state index contributed by atoms with van der Waals surface area (Å²) in [6.07, 6.45) is 4.04. The van der Waals surface area contributed by atoms with E-state index in [1.807, 2.05) is 0 Å². The van der Waals surface area contributed by atoms with Crippen LogP contribution in [0.1, 0.15) is 33.1 Å². The van der Waals surface area contributed by atoms with Gasteiger partial charge in [-0.1, -0.05) is 13.8 Å². The highest BCUT2D eigenvalue weighted by Gasteiger charge is 2.26. The van der Waals surface area contributed by atoms with E-state index in [2.05, 4.69) is 19.2 Å². The zero-order valence-electron chi connectivity index (χ0n) is 12.3. The lowest BCUT2D eigenvalue weighted by Gasteiger charge is -2.32. The Bertz CT molecular complexity index is 357. The largest absolute Gasteiger partial charge is 0.396 e. The van der Waals surface area contributed by atoms with E-state index in [-0.39, 0.29) is 6.61 Å². The van der Waals surface area contributed by atoms with Crippen molar-refractivity contribution in [3.8, 4) is 0 Å². The van der Waals surface area contributed by atoms with Crippen LogP contribution in [0.5, 0.6) is 0 Å². The first kappa shape index (κ1) is 16.9. The van der Waals surface area contributed by atoms with Crippen molar-refractivity contribution in [3.63, 3.8) is 0 Å². The molecule has 1 rings (SSSR count). The van der Waals surface area contributed by atoms with E-state index in [0.29, 0.717) is 31.0 Å². The van der Waals surface area contributed by atoms with Crippen LogP contribution >= 0.6 is 0 Å². The van der Waals surface area contributed by atoms with Crippen molar-refractivity contribution in [2.24, 2.45) is 11.8 Å². The predicted octanol–water partition coefficient (Wildman–Crippen LogP) is 0.655. The zero-order valence-corrected chi connectivity index (χ0v) is 13.1. The van der Waals surface area contributed by atoms with Gasteiger partial charge in [-0.15, -0.1) is 0 Å². The molecule has 2 N–H and O–H groups in total. The number of hydrogen-bond acceptors (Lipinski definition) is 4. The van der Waals surface area contributed by atoms with Gasteiger partial charge >= 0.3 is 0 Å². The maximum absolute atomic E-state index is 11.6. The molecule has 0 aliphatic carbocycles. The normalized spacial score (nSPS) is 23.7. The summed E-state index contributed by atoms with van der Waals surface area (Å²) in [5.41, 5.74) is 0. The molecule has 1 heterocycles. The molecule has 1 saturated heterocycles. The van der Waals surface area contributed by atoms with Gasteiger partial charge in [0.1, 0.15) is 0 Å². The van der Waals surface area contributed by atoms with Crippen LogP contribution in [0.25, 0.3) is 0 Å². The average molecular weight is 292 g/mol. The van der Waals surface area contributed by atoms with Crippen LogP contribution in [0.2, 0.25) is 0 Å². The molecule has 5 nitrogen and oxygen atoms in total. The molecule has 0 amide bonds. The van der Waals surface area contributed by atoms with Gasteiger partial charge < -0.3 is 10.4 Å². The van der Waals surface area contributed by atoms with Gasteiger partial charge in [-0.25, -0.2) is 12.7 Å². The fraction of sp³-hybridized carbons (Fsp3) is 1.00. The lowest BCUT2D eigenvalue weighted by atomic mass is 9.97. The highest BCUT2D eigenvalue weighted by Crippen LogP contribution is 2.18. The summed E-state index contributed by atoms with van der Waals surface area (Å²) < 4.78 is 24.7. The first-order valence-corrected chi connectivity index (χ1v) is 8.98. The van der Waals surface area contributed by atoms with Crippen molar-refractivity contribution in [2.75, 3.05) is 32.5 Å². The smallest absolute Gasteiger partial charge is 0.211 e. The van der Waals surface area contributed by atoms with Crippen molar-refractivity contribution in [3.05, 3.63) is 0 Å². The molecule has 0 spiro atoms. The first-order valence-electron chi connectivity index (χ1n) is 7.14. The maximum Gasteiger partial charge on any atom is 0.211 e. The number of nitrogens with one attached hydrogen (secondary N) is 1. The molecule has 0 radical (unpaired) electrons. The fourth-order valence-electron chi connectivity index (χ4n) is 2.62. The molecule has 0 aromatic rings. The molecular formula is C13H28N2O3S. The third-order valence-electron chi connectivity index (χ3n) is 3.86. The number of hydrogen-bond donors (Lipinski definition) is 2. The lowest BCUT2D eigenvalue weighted by molar-refractivity contribution is 0.220. The first-order chi connectivity index (χ1) is 8.84. The van der Waals surface area contributed by atoms with E-state index in [1.165, 1.54) is 6.26 Å². The molecule has 0 aromatic heterocycles. The summed E-state index contributed by atoms with van der Waals surface area (Å²) >= 11 is 0. The SMILES string of the molecule is CC(C)C(CCO)NCC1CCCN(S(C)(=O)=O)C1. The molecule has 0 aromatic carbocycles. The van der Waals surface area contributed by atoms with E-state index in [1.54, 1.807) is 4.31 Å². The second-order valence-electron chi connectivity index (χ2n) is 5.90. The van der Waals surface area contributed by atoms with E-state index in [0.717, 1.165) is 25.8 Å². The quantitative estimate of drug-likeness (QED) is 0.723. The Morgan fingerprint density at radius 2 is 2.11 bits per heavy atom. The Morgan fingerprint density at radius 1 is 1.42 bits per heavy atom. The number of sulfonamides is 1. The number of rotatable bonds is 7. The van der Waals surface area contributed by atoms with Crippen LogP contribution in [0.4, 0.5) is 0 Å². The maximum atomic E-state index is 11.6. The van der Waals surface area contributed by atoms with Gasteiger partial charge in [0.05, 0.1) is 6.26 Å². The molecule has 1 aliphatic heterocycles. The molecule has 0 bridgehead atoms. The van der Waals surface area contributed by atoms with Crippen LogP contribution < -0.4 is 5.32 Å². The van der Waals surface area contributed by atoms with Crippen LogP contribution in [0.15, 0.2) is 0 Å². The van der Waals surface area contributed by atoms with Crippen LogP contribution in [0.3, 0.4) is 0 Å². The molecule has 1 aliphatic rings. The summed E-state index contributed by atoms with van der Waals surface area (Å²) in [7, 11) is -3.06. The Kier molecular flexibility index (Phi) is 6.73. The molecule has 0 saturated carbocycles. The number of nitrogens with zero attached hydrogens (tertiary/aromatic N) is 1. The fourth-order valence-corrected chi connectivity index (χ4v) is 3.57. The second-order valence-corrected chi connectivity index (χ2v) is 7.88. The molecule has 114 valence electrons. The topological polar surface area (TPSA) is 69.6 Å². The summed E-state index contributed by atoms with van der Waals surface area (Å²) in [6, 6.07) is 0.304. The third-order valence-corrected chi connectivity index (χ3v) is 5.13. The van der Waals surface area contributed by atoms with Gasteiger partial charge in [0.25, 0.3) is 0 Å². The lowest BCUT2D eigenvalue weighted by Crippen LogP contribution is -2.45. The van der Waals surface area contributed by atoms with Crippen LogP contribution in [-0.2, 0) is 10.0 Å². The molecular weight excluding hydrogens is 264 g/mol. The van der Waals surface area contributed by atoms with Gasteiger partial charge in [0, 0.05) is 25.7 Å². The van der Waals surface area contributed by atoms with Crippen molar-refractivity contribution < 1.29 is 13.5 Å². The number of aliphatic hydroxyl groups is 1. The monoisotopic (exact) mass is 292 g/mol. The molecule has 2 atom stereocenters. The molecule has 19 heavy (non-hydrogen) atoms. The summed E-state index contributed by atoms with van der Waals surface area (Å²) in [6.45, 7) is 6.56. The Labute approximate surface area is 117 Å². The Balaban J connectivity index is 2.44. The minimum absolute atomic E-state index is 0.190. The average Bonchev–Trinajstić information content (AvgIpc) is 2.33. The van der Waals surface area contributed by atoms with Crippen molar-refractivity contribution in [2.45, 2.75) is 39.2 Å². The van der Waals surface area contributed by atoms with Gasteiger partial charge in [0.2, 0.25) is 10.0 Å². The van der Waals surface area contributed by atoms with Gasteiger partial charge in [-0.2, -0.15) is 0 Å². The highest BCUT2D eigenvalue weighted by molar-refractivity contribution is 7.88. The van der Waals surface area contributed by atoms with Crippen LogP contribution in [0, 0.1) is 11.8 Å². The number of aliphatic hydroxyl groups excluding tert-OH is 1. The summed E-state index contributed by atoms with van der Waals surface area (Å²) in [4.78, 5) is 0. The molecule has 6 heteroatoms. The van der Waals surface area contributed by atoms with E-state index < -0.39 is 10.0 Å². The van der Waals surface area contributed by atoms with Gasteiger partial charge in [0.15, 0.2) is 0 Å². The predicted molar refractivity (Wildman–Crippen MR) is 77.5 cm³/mol. The summed E-state index contributed by atoms with van der Waals surface area (Å²) in [5.74, 6) is 0.852. The minimum Gasteiger partial charge on any atom is -0.396 e. The van der Waals surface area contributed by atoms with Crippen molar-refractivity contribution in [1.29, 1.82) is 0 Å². The number of piperidine rings is 1. The Hall–Kier alpha value is -0.170. The van der Waals surface area contributed by atoms with Gasteiger partial charge in [-0.3, -0.25) is 0 Å². The van der Waals surface area contributed by atoms with E-state index >= 15 is 0 Å². The summed E-state index contributed by atoms with van der Waals surface area (Å²) in [5, 5.41) is 12.5. The molecule has 1 fully saturated rings. The van der Waals surface area contributed by atoms with Gasteiger partial charge in [-0.05, 0) is 37.6 Å². The minimum atomic E-state index is -3.06. The standard InChI is InChI=1S/C13H28N2O3S/c1-11(2)13(6-8-16)14-9-12-5-4-7-15(10-12)19(3,17)18/h11-14,16H,4-10H2,1-3H3. The Morgan fingerprint density at radius 3 is 2.63 bits per heavy atom. The highest BCUT2D eigenvalue weighted by atomic mass is 32.2. The second kappa shape index (κ2) is 7.57. The van der Waals surface area contributed by atoms with Crippen molar-refractivity contribution in [1.82, 2.24) is 9.62 Å². The van der Waals surface area contributed by atoms with Crippen molar-refractivity contribution >= 4 is 10.0 Å².